The first-order valence-corrected chi connectivity index (χ1v) is 16.1. The highest BCUT2D eigenvalue weighted by Crippen LogP contribution is 2.33. The van der Waals surface area contributed by atoms with Gasteiger partial charge in [0.25, 0.3) is 10.0 Å². The van der Waals surface area contributed by atoms with Gasteiger partial charge < -0.3 is 15.7 Å². The molecule has 0 aliphatic rings. The Balaban J connectivity index is 1.66. The van der Waals surface area contributed by atoms with Crippen molar-refractivity contribution in [1.29, 1.82) is 4.78 Å². The largest absolute Gasteiger partial charge is 0.394 e. The molecule has 2 atom stereocenters. The molecule has 0 radical (unpaired) electrons. The van der Waals surface area contributed by atoms with Crippen molar-refractivity contribution in [2.24, 2.45) is 0 Å². The van der Waals surface area contributed by atoms with Crippen LogP contribution in [-0.4, -0.2) is 46.6 Å². The first-order chi connectivity index (χ1) is 19.3. The van der Waals surface area contributed by atoms with E-state index in [4.69, 9.17) is 28.0 Å². The second-order valence-electron chi connectivity index (χ2n) is 9.03. The number of nitrogens with one attached hydrogen (secondary N) is 4. The molecule has 15 heteroatoms. The summed E-state index contributed by atoms with van der Waals surface area (Å²) in [4.78, 5) is 8.80. The van der Waals surface area contributed by atoms with E-state index in [2.05, 4.69) is 25.3 Å². The number of hydrogen-bond acceptors (Lipinski definition) is 9. The molecule has 5 N–H and O–H groups in total. The van der Waals surface area contributed by atoms with Crippen LogP contribution in [0.4, 0.5) is 27.5 Å². The highest BCUT2D eigenvalue weighted by molar-refractivity contribution is 7.93. The van der Waals surface area contributed by atoms with Gasteiger partial charge in [-0.3, -0.25) is 4.72 Å². The molecule has 0 saturated heterocycles. The summed E-state index contributed by atoms with van der Waals surface area (Å²) >= 11 is 12.0. The van der Waals surface area contributed by atoms with Gasteiger partial charge in [-0.1, -0.05) is 41.4 Å². The van der Waals surface area contributed by atoms with Gasteiger partial charge in [0, 0.05) is 34.6 Å². The molecule has 0 fully saturated rings. The fourth-order valence-corrected chi connectivity index (χ4v) is 6.16. The molecule has 41 heavy (non-hydrogen) atoms. The molecular weight excluding hydrogens is 614 g/mol. The van der Waals surface area contributed by atoms with Gasteiger partial charge >= 0.3 is 0 Å². The van der Waals surface area contributed by atoms with Crippen molar-refractivity contribution in [3.63, 3.8) is 0 Å². The SMILES string of the molecule is CC(CO)Nc1nc(Nc2cccc([S@@](C)(=N)=O)c2)ncc1-c1ccc(NS(=O)(=O)c2cccc(Cl)c2Cl)c(F)c1. The molecule has 0 amide bonds. The maximum Gasteiger partial charge on any atom is 0.263 e. The summed E-state index contributed by atoms with van der Waals surface area (Å²) in [5.74, 6) is -0.462. The Kier molecular flexibility index (Phi) is 9.04. The van der Waals surface area contributed by atoms with Crippen LogP contribution in [0.5, 0.6) is 0 Å². The predicted octanol–water partition coefficient (Wildman–Crippen LogP) is 5.96. The van der Waals surface area contributed by atoms with E-state index >= 15 is 4.39 Å². The first-order valence-electron chi connectivity index (χ1n) is 11.9. The zero-order valence-corrected chi connectivity index (χ0v) is 24.8. The summed E-state index contributed by atoms with van der Waals surface area (Å²) in [7, 11) is -7.19. The lowest BCUT2D eigenvalue weighted by molar-refractivity contribution is 0.281. The number of benzene rings is 3. The smallest absolute Gasteiger partial charge is 0.263 e. The van der Waals surface area contributed by atoms with Gasteiger partial charge in [-0.25, -0.2) is 26.8 Å². The van der Waals surface area contributed by atoms with Gasteiger partial charge in [0.15, 0.2) is 0 Å². The Hall–Kier alpha value is -3.49. The quantitative estimate of drug-likeness (QED) is 0.142. The molecule has 1 heterocycles. The second-order valence-corrected chi connectivity index (χ2v) is 13.6. The van der Waals surface area contributed by atoms with E-state index in [1.807, 2.05) is 0 Å². The van der Waals surface area contributed by atoms with Crippen LogP contribution in [0.1, 0.15) is 6.92 Å². The number of nitrogens with zero attached hydrogens (tertiary/aromatic N) is 2. The van der Waals surface area contributed by atoms with E-state index in [0.29, 0.717) is 21.7 Å². The lowest BCUT2D eigenvalue weighted by Crippen LogP contribution is -2.21. The molecular formula is C26H25Cl2FN6O4S2. The summed E-state index contributed by atoms with van der Waals surface area (Å²) in [5.41, 5.74) is 0.885. The molecule has 216 valence electrons. The first kappa shape index (κ1) is 30.5. The van der Waals surface area contributed by atoms with E-state index in [-0.39, 0.29) is 39.0 Å². The van der Waals surface area contributed by atoms with Crippen molar-refractivity contribution in [2.45, 2.75) is 22.8 Å². The number of aromatic nitrogens is 2. The molecule has 3 aromatic carbocycles. The minimum Gasteiger partial charge on any atom is -0.394 e. The normalized spacial score (nSPS) is 13.7. The number of anilines is 4. The minimum atomic E-state index is -4.25. The third-order valence-corrected chi connectivity index (χ3v) is 9.21. The Bertz CT molecular complexity index is 1820. The number of aliphatic hydroxyl groups is 1. The van der Waals surface area contributed by atoms with Crippen molar-refractivity contribution in [3.05, 3.63) is 82.7 Å². The van der Waals surface area contributed by atoms with E-state index in [0.717, 1.165) is 6.07 Å². The molecule has 10 nitrogen and oxygen atoms in total. The van der Waals surface area contributed by atoms with Crippen LogP contribution in [0, 0.1) is 10.6 Å². The molecule has 1 unspecified atom stereocenters. The average Bonchev–Trinajstić information content (AvgIpc) is 2.91. The van der Waals surface area contributed by atoms with Gasteiger partial charge in [0.1, 0.15) is 16.5 Å². The number of halogens is 3. The molecule has 4 aromatic rings. The zero-order valence-electron chi connectivity index (χ0n) is 21.7. The van der Waals surface area contributed by atoms with Crippen LogP contribution in [0.3, 0.4) is 0 Å². The monoisotopic (exact) mass is 638 g/mol. The van der Waals surface area contributed by atoms with E-state index in [9.17, 15) is 17.7 Å². The van der Waals surface area contributed by atoms with Crippen LogP contribution in [-0.2, 0) is 19.8 Å². The van der Waals surface area contributed by atoms with E-state index < -0.39 is 31.6 Å². The molecule has 0 aliphatic carbocycles. The van der Waals surface area contributed by atoms with Gasteiger partial charge in [0.2, 0.25) is 5.95 Å². The predicted molar refractivity (Wildman–Crippen MR) is 160 cm³/mol. The van der Waals surface area contributed by atoms with Crippen LogP contribution in [0.15, 0.2) is 76.7 Å². The third-order valence-electron chi connectivity index (χ3n) is 5.72. The van der Waals surface area contributed by atoms with Crippen molar-refractivity contribution >= 4 is 66.1 Å². The number of aliphatic hydroxyl groups excluding tert-OH is 1. The molecule has 0 saturated carbocycles. The Morgan fingerprint density at radius 2 is 1.80 bits per heavy atom. The van der Waals surface area contributed by atoms with Crippen molar-refractivity contribution in [2.75, 3.05) is 28.2 Å². The number of sulfonamides is 1. The van der Waals surface area contributed by atoms with Crippen molar-refractivity contribution in [1.82, 2.24) is 9.97 Å². The van der Waals surface area contributed by atoms with Gasteiger partial charge in [0.05, 0.1) is 32.1 Å². The van der Waals surface area contributed by atoms with E-state index in [1.165, 1.54) is 42.8 Å². The van der Waals surface area contributed by atoms with Gasteiger partial charge in [-0.2, -0.15) is 4.98 Å². The fraction of sp³-hybridized carbons (Fsp3) is 0.154. The summed E-state index contributed by atoms with van der Waals surface area (Å²) in [6, 6.07) is 14.0. The summed E-state index contributed by atoms with van der Waals surface area (Å²) in [6.45, 7) is 1.50. The van der Waals surface area contributed by atoms with Gasteiger partial charge in [-0.05, 0) is 55.0 Å². The standard InChI is InChI=1S/C26H25Cl2FN6O4S2/c1-15(14-36)32-25-19(13-31-26(34-25)33-17-5-3-6-18(12-17)40(2,30)37)16-9-10-22(21(29)11-16)35-41(38,39)23-8-4-7-20(27)24(23)28/h3-13,15,30,35-36H,14H2,1-2H3,(H2,31,32,33,34)/t15?,40-/m0/s1. The maximum absolute atomic E-state index is 15.2. The Morgan fingerprint density at radius 1 is 1.07 bits per heavy atom. The molecule has 0 spiro atoms. The topological polar surface area (TPSA) is 157 Å². The third kappa shape index (κ3) is 7.24. The number of hydrogen-bond donors (Lipinski definition) is 5. The molecule has 0 bridgehead atoms. The number of rotatable bonds is 10. The zero-order chi connectivity index (χ0) is 29.9. The lowest BCUT2D eigenvalue weighted by Gasteiger charge is -2.17. The molecule has 1 aromatic heterocycles. The second kappa shape index (κ2) is 12.2. The van der Waals surface area contributed by atoms with Crippen LogP contribution >= 0.6 is 23.2 Å². The van der Waals surface area contributed by atoms with Crippen LogP contribution in [0.25, 0.3) is 11.1 Å². The Labute approximate surface area is 247 Å². The minimum absolute atomic E-state index is 0.0366. The Morgan fingerprint density at radius 3 is 2.49 bits per heavy atom. The molecule has 4 rings (SSSR count). The van der Waals surface area contributed by atoms with Crippen molar-refractivity contribution in [3.8, 4) is 11.1 Å². The van der Waals surface area contributed by atoms with Gasteiger partial charge in [-0.15, -0.1) is 0 Å². The highest BCUT2D eigenvalue weighted by Gasteiger charge is 2.22. The van der Waals surface area contributed by atoms with E-state index in [1.54, 1.807) is 31.2 Å². The highest BCUT2D eigenvalue weighted by atomic mass is 35.5. The summed E-state index contributed by atoms with van der Waals surface area (Å²) < 4.78 is 63.0. The van der Waals surface area contributed by atoms with Crippen molar-refractivity contribution < 1.29 is 22.1 Å². The fourth-order valence-electron chi connectivity index (χ4n) is 3.64. The maximum atomic E-state index is 15.2. The summed E-state index contributed by atoms with van der Waals surface area (Å²) in [5, 5.41) is 15.5. The van der Waals surface area contributed by atoms with Crippen LogP contribution in [0.2, 0.25) is 10.0 Å². The average molecular weight is 640 g/mol. The summed E-state index contributed by atoms with van der Waals surface area (Å²) in [6.07, 6.45) is 2.75. The molecule has 0 aliphatic heterocycles. The van der Waals surface area contributed by atoms with Crippen LogP contribution < -0.4 is 15.4 Å². The lowest BCUT2D eigenvalue weighted by atomic mass is 10.1.